The Labute approximate surface area is 100 Å². The second-order valence-electron chi connectivity index (χ2n) is 4.95. The number of hydrogen-bond acceptors (Lipinski definition) is 2. The van der Waals surface area contributed by atoms with Gasteiger partial charge in [0.1, 0.15) is 0 Å². The zero-order valence-electron chi connectivity index (χ0n) is 10.7. The minimum Gasteiger partial charge on any atom is -0.316 e. The third-order valence-electron chi connectivity index (χ3n) is 3.45. The second-order valence-corrected chi connectivity index (χ2v) is 4.95. The van der Waals surface area contributed by atoms with Crippen molar-refractivity contribution in [3.63, 3.8) is 0 Å². The zero-order chi connectivity index (χ0) is 11.9. The van der Waals surface area contributed by atoms with E-state index < -0.39 is 0 Å². The molecule has 1 heterocycles. The number of nitrogens with one attached hydrogen (secondary N) is 1. The van der Waals surface area contributed by atoms with E-state index in [9.17, 15) is 0 Å². The smallest absolute Gasteiger partial charge is 0.0164 e. The summed E-state index contributed by atoms with van der Waals surface area (Å²) in [6.07, 6.45) is 7.89. The summed E-state index contributed by atoms with van der Waals surface area (Å²) < 4.78 is 0. The van der Waals surface area contributed by atoms with Gasteiger partial charge in [-0.2, -0.15) is 0 Å². The van der Waals surface area contributed by atoms with Gasteiger partial charge in [0, 0.05) is 26.2 Å². The Hall–Kier alpha value is -0.600. The van der Waals surface area contributed by atoms with Crippen LogP contribution >= 0.6 is 0 Å². The molecule has 1 fully saturated rings. The summed E-state index contributed by atoms with van der Waals surface area (Å²) >= 11 is 0. The molecule has 1 aliphatic heterocycles. The van der Waals surface area contributed by atoms with Crippen LogP contribution in [0.2, 0.25) is 0 Å². The van der Waals surface area contributed by atoms with E-state index in [0.29, 0.717) is 5.41 Å². The fourth-order valence-electron chi connectivity index (χ4n) is 2.80. The van der Waals surface area contributed by atoms with Crippen LogP contribution in [0.4, 0.5) is 0 Å². The van der Waals surface area contributed by atoms with Gasteiger partial charge in [-0.1, -0.05) is 25.5 Å². The average molecular weight is 222 g/mol. The van der Waals surface area contributed by atoms with E-state index >= 15 is 0 Å². The fourth-order valence-corrected chi connectivity index (χ4v) is 2.80. The summed E-state index contributed by atoms with van der Waals surface area (Å²) in [5.74, 6) is 0. The van der Waals surface area contributed by atoms with Gasteiger partial charge in [-0.05, 0) is 24.8 Å². The number of nitrogens with zero attached hydrogens (tertiary/aromatic N) is 1. The number of rotatable bonds is 8. The molecule has 0 amide bonds. The van der Waals surface area contributed by atoms with Crippen molar-refractivity contribution < 1.29 is 0 Å². The van der Waals surface area contributed by atoms with Crippen LogP contribution in [0.5, 0.6) is 0 Å². The van der Waals surface area contributed by atoms with Crippen molar-refractivity contribution in [2.24, 2.45) is 5.41 Å². The van der Waals surface area contributed by atoms with E-state index in [-0.39, 0.29) is 0 Å². The van der Waals surface area contributed by atoms with Gasteiger partial charge in [0.05, 0.1) is 0 Å². The van der Waals surface area contributed by atoms with E-state index in [4.69, 9.17) is 0 Å². The van der Waals surface area contributed by atoms with Gasteiger partial charge in [0.15, 0.2) is 0 Å². The van der Waals surface area contributed by atoms with Crippen LogP contribution in [0.15, 0.2) is 25.3 Å². The summed E-state index contributed by atoms with van der Waals surface area (Å²) in [4.78, 5) is 2.45. The molecule has 1 aliphatic rings. The highest BCUT2D eigenvalue weighted by molar-refractivity contribution is 4.92. The third kappa shape index (κ3) is 3.76. The van der Waals surface area contributed by atoms with Crippen LogP contribution in [-0.4, -0.2) is 37.6 Å². The molecule has 0 spiro atoms. The first kappa shape index (κ1) is 13.5. The molecule has 2 heteroatoms. The quantitative estimate of drug-likeness (QED) is 0.635. The molecule has 0 saturated carbocycles. The zero-order valence-corrected chi connectivity index (χ0v) is 10.7. The first-order chi connectivity index (χ1) is 7.76. The molecule has 1 rings (SSSR count). The van der Waals surface area contributed by atoms with Crippen LogP contribution in [-0.2, 0) is 0 Å². The molecule has 1 N–H and O–H groups in total. The summed E-state index contributed by atoms with van der Waals surface area (Å²) in [6, 6.07) is 0. The third-order valence-corrected chi connectivity index (χ3v) is 3.45. The molecule has 0 aromatic rings. The van der Waals surface area contributed by atoms with Crippen molar-refractivity contribution >= 4 is 0 Å². The minimum absolute atomic E-state index is 0.487. The first-order valence-electron chi connectivity index (χ1n) is 6.41. The topological polar surface area (TPSA) is 15.3 Å². The van der Waals surface area contributed by atoms with Crippen molar-refractivity contribution in [2.45, 2.75) is 26.2 Å². The highest BCUT2D eigenvalue weighted by atomic mass is 15.1. The summed E-state index contributed by atoms with van der Waals surface area (Å²) in [5.41, 5.74) is 0.487. The van der Waals surface area contributed by atoms with Crippen molar-refractivity contribution in [3.8, 4) is 0 Å². The Kier molecular flexibility index (Phi) is 5.78. The Morgan fingerprint density at radius 2 is 2.00 bits per heavy atom. The van der Waals surface area contributed by atoms with Gasteiger partial charge < -0.3 is 5.32 Å². The lowest BCUT2D eigenvalue weighted by Crippen LogP contribution is -2.39. The maximum atomic E-state index is 3.83. The van der Waals surface area contributed by atoms with Gasteiger partial charge >= 0.3 is 0 Å². The molecule has 0 radical (unpaired) electrons. The van der Waals surface area contributed by atoms with E-state index in [1.54, 1.807) is 0 Å². The van der Waals surface area contributed by atoms with Crippen molar-refractivity contribution in [2.75, 3.05) is 32.7 Å². The van der Waals surface area contributed by atoms with Crippen LogP contribution in [0, 0.1) is 5.41 Å². The van der Waals surface area contributed by atoms with E-state index in [1.807, 2.05) is 12.2 Å². The second kappa shape index (κ2) is 6.87. The molecule has 16 heavy (non-hydrogen) atoms. The lowest BCUT2D eigenvalue weighted by Gasteiger charge is -2.34. The summed E-state index contributed by atoms with van der Waals surface area (Å²) in [6.45, 7) is 15.4. The van der Waals surface area contributed by atoms with E-state index in [1.165, 1.54) is 38.9 Å². The number of hydrogen-bond donors (Lipinski definition) is 1. The predicted octanol–water partition coefficient (Wildman–Crippen LogP) is 2.44. The largest absolute Gasteiger partial charge is 0.316 e. The van der Waals surface area contributed by atoms with Crippen LogP contribution in [0.3, 0.4) is 0 Å². The molecule has 1 atom stereocenters. The van der Waals surface area contributed by atoms with Crippen LogP contribution in [0.1, 0.15) is 26.2 Å². The SMILES string of the molecule is C=CCN(CC=C)CC1(CCC)CCNC1. The molecule has 1 unspecified atom stereocenters. The Morgan fingerprint density at radius 1 is 1.31 bits per heavy atom. The minimum atomic E-state index is 0.487. The molecule has 2 nitrogen and oxygen atoms in total. The van der Waals surface area contributed by atoms with Crippen molar-refractivity contribution in [1.29, 1.82) is 0 Å². The molecule has 1 saturated heterocycles. The summed E-state index contributed by atoms with van der Waals surface area (Å²) in [5, 5.41) is 3.51. The highest BCUT2D eigenvalue weighted by Gasteiger charge is 2.34. The van der Waals surface area contributed by atoms with Crippen molar-refractivity contribution in [3.05, 3.63) is 25.3 Å². The Bertz CT molecular complexity index is 207. The standard InChI is InChI=1S/C14H26N2/c1-4-7-14(8-9-15-12-14)13-16(10-5-2)11-6-3/h5-6,15H,2-4,7-13H2,1H3. The lowest BCUT2D eigenvalue weighted by atomic mass is 9.82. The monoisotopic (exact) mass is 222 g/mol. The summed E-state index contributed by atoms with van der Waals surface area (Å²) in [7, 11) is 0. The Morgan fingerprint density at radius 3 is 2.44 bits per heavy atom. The van der Waals surface area contributed by atoms with E-state index in [2.05, 4.69) is 30.3 Å². The van der Waals surface area contributed by atoms with Gasteiger partial charge in [0.2, 0.25) is 0 Å². The fraction of sp³-hybridized carbons (Fsp3) is 0.714. The van der Waals surface area contributed by atoms with Crippen molar-refractivity contribution in [1.82, 2.24) is 10.2 Å². The molecule has 0 aromatic carbocycles. The Balaban J connectivity index is 2.56. The maximum absolute atomic E-state index is 3.83. The maximum Gasteiger partial charge on any atom is 0.0164 e. The lowest BCUT2D eigenvalue weighted by molar-refractivity contribution is 0.176. The molecular formula is C14H26N2. The average Bonchev–Trinajstić information content (AvgIpc) is 2.68. The van der Waals surface area contributed by atoms with E-state index in [0.717, 1.165) is 13.1 Å². The van der Waals surface area contributed by atoms with Crippen LogP contribution < -0.4 is 5.32 Å². The van der Waals surface area contributed by atoms with Gasteiger partial charge in [-0.25, -0.2) is 0 Å². The predicted molar refractivity (Wildman–Crippen MR) is 71.7 cm³/mol. The van der Waals surface area contributed by atoms with Gasteiger partial charge in [-0.3, -0.25) is 4.90 Å². The van der Waals surface area contributed by atoms with Crippen LogP contribution in [0.25, 0.3) is 0 Å². The molecule has 0 aliphatic carbocycles. The first-order valence-corrected chi connectivity index (χ1v) is 6.41. The van der Waals surface area contributed by atoms with Gasteiger partial charge in [0.25, 0.3) is 0 Å². The highest BCUT2D eigenvalue weighted by Crippen LogP contribution is 2.32. The van der Waals surface area contributed by atoms with Gasteiger partial charge in [-0.15, -0.1) is 13.2 Å². The molecule has 92 valence electrons. The molecule has 0 bridgehead atoms. The molecular weight excluding hydrogens is 196 g/mol. The molecule has 0 aromatic heterocycles. The normalized spacial score (nSPS) is 24.9.